The second-order valence-electron chi connectivity index (χ2n) is 5.83. The number of carbonyl (C=O) groups is 1. The fraction of sp³-hybridized carbons (Fsp3) is 0.222. The summed E-state index contributed by atoms with van der Waals surface area (Å²) >= 11 is 9.10. The number of halogens is 1. The molecule has 1 amide bonds. The van der Waals surface area contributed by atoms with Crippen LogP contribution in [0.1, 0.15) is 12.5 Å². The smallest absolute Gasteiger partial charge is 0.237 e. The molecule has 4 rings (SSSR count). The molecule has 1 aliphatic heterocycles. The Labute approximate surface area is 153 Å². The van der Waals surface area contributed by atoms with E-state index in [1.807, 2.05) is 41.3 Å². The minimum Gasteiger partial charge on any atom is -0.308 e. The molecular formula is C18H15ClN2OS2. The van der Waals surface area contributed by atoms with Crippen molar-refractivity contribution in [2.75, 3.05) is 10.7 Å². The maximum atomic E-state index is 12.7. The van der Waals surface area contributed by atoms with Crippen molar-refractivity contribution in [3.8, 4) is 0 Å². The molecule has 2 heterocycles. The molecule has 1 aliphatic rings. The quantitative estimate of drug-likeness (QED) is 0.603. The van der Waals surface area contributed by atoms with Gasteiger partial charge in [-0.25, -0.2) is 4.98 Å². The number of fused-ring (bicyclic) bond motifs is 2. The number of hydrogen-bond donors (Lipinski definition) is 0. The molecule has 1 atom stereocenters. The number of anilines is 1. The van der Waals surface area contributed by atoms with E-state index in [2.05, 4.69) is 18.0 Å². The highest BCUT2D eigenvalue weighted by Gasteiger charge is 2.30. The van der Waals surface area contributed by atoms with Gasteiger partial charge in [-0.2, -0.15) is 0 Å². The maximum absolute atomic E-state index is 12.7. The van der Waals surface area contributed by atoms with Crippen molar-refractivity contribution in [3.63, 3.8) is 0 Å². The van der Waals surface area contributed by atoms with Crippen molar-refractivity contribution in [2.45, 2.75) is 23.7 Å². The van der Waals surface area contributed by atoms with E-state index in [0.717, 1.165) is 26.7 Å². The van der Waals surface area contributed by atoms with Crippen LogP contribution in [0.3, 0.4) is 0 Å². The van der Waals surface area contributed by atoms with E-state index in [1.54, 1.807) is 11.3 Å². The summed E-state index contributed by atoms with van der Waals surface area (Å²) in [5.41, 5.74) is 3.19. The molecule has 0 bridgehead atoms. The molecule has 0 saturated heterocycles. The van der Waals surface area contributed by atoms with Gasteiger partial charge in [0.15, 0.2) is 4.34 Å². The predicted octanol–water partition coefficient (Wildman–Crippen LogP) is 5.02. The van der Waals surface area contributed by atoms with E-state index in [1.165, 1.54) is 17.3 Å². The van der Waals surface area contributed by atoms with E-state index in [9.17, 15) is 4.79 Å². The van der Waals surface area contributed by atoms with E-state index in [4.69, 9.17) is 11.6 Å². The Morgan fingerprint density at radius 1 is 1.38 bits per heavy atom. The fourth-order valence-corrected chi connectivity index (χ4v) is 5.15. The molecule has 122 valence electrons. The number of rotatable bonds is 3. The lowest BCUT2D eigenvalue weighted by Crippen LogP contribution is -2.36. The topological polar surface area (TPSA) is 33.2 Å². The van der Waals surface area contributed by atoms with Crippen LogP contribution in [-0.2, 0) is 11.2 Å². The minimum absolute atomic E-state index is 0.134. The van der Waals surface area contributed by atoms with Crippen LogP contribution in [0.5, 0.6) is 0 Å². The number of benzene rings is 2. The van der Waals surface area contributed by atoms with Crippen molar-refractivity contribution in [1.29, 1.82) is 0 Å². The van der Waals surface area contributed by atoms with Crippen LogP contribution in [-0.4, -0.2) is 22.7 Å². The Bertz CT molecular complexity index is 924. The van der Waals surface area contributed by atoms with Crippen molar-refractivity contribution in [2.24, 2.45) is 0 Å². The van der Waals surface area contributed by atoms with Crippen molar-refractivity contribution < 1.29 is 4.79 Å². The second kappa shape index (κ2) is 6.39. The van der Waals surface area contributed by atoms with Crippen molar-refractivity contribution in [3.05, 3.63) is 53.1 Å². The van der Waals surface area contributed by atoms with Gasteiger partial charge in [0.05, 0.1) is 16.0 Å². The maximum Gasteiger partial charge on any atom is 0.237 e. The molecule has 0 spiro atoms. The molecular weight excluding hydrogens is 360 g/mol. The lowest BCUT2D eigenvalue weighted by atomic mass is 10.1. The van der Waals surface area contributed by atoms with Crippen LogP contribution in [0.2, 0.25) is 5.02 Å². The SMILES string of the molecule is C[C@@H]1Cc2ccccc2N1C(=O)CSc1nc2cc(Cl)ccc2s1. The van der Waals surface area contributed by atoms with E-state index >= 15 is 0 Å². The van der Waals surface area contributed by atoms with Gasteiger partial charge in [-0.05, 0) is 43.2 Å². The monoisotopic (exact) mass is 374 g/mol. The summed E-state index contributed by atoms with van der Waals surface area (Å²) in [6.45, 7) is 2.10. The summed E-state index contributed by atoms with van der Waals surface area (Å²) in [5.74, 6) is 0.529. The number of hydrogen-bond acceptors (Lipinski definition) is 4. The zero-order valence-corrected chi connectivity index (χ0v) is 15.4. The Morgan fingerprint density at radius 2 is 2.21 bits per heavy atom. The largest absolute Gasteiger partial charge is 0.308 e. The van der Waals surface area contributed by atoms with Gasteiger partial charge in [0.1, 0.15) is 0 Å². The summed E-state index contributed by atoms with van der Waals surface area (Å²) < 4.78 is 2.00. The molecule has 0 fully saturated rings. The molecule has 24 heavy (non-hydrogen) atoms. The van der Waals surface area contributed by atoms with Crippen LogP contribution in [0.4, 0.5) is 5.69 Å². The fourth-order valence-electron chi connectivity index (χ4n) is 3.08. The van der Waals surface area contributed by atoms with Gasteiger partial charge < -0.3 is 4.90 Å². The number of aromatic nitrogens is 1. The minimum atomic E-state index is 0.134. The number of thiazole rings is 1. The molecule has 1 aromatic heterocycles. The standard InChI is InChI=1S/C18H15ClN2OS2/c1-11-8-12-4-2-3-5-15(12)21(11)17(22)10-23-18-20-14-9-13(19)6-7-16(14)24-18/h2-7,9,11H,8,10H2,1H3/t11-/m1/s1. The third-order valence-electron chi connectivity index (χ3n) is 4.13. The van der Waals surface area contributed by atoms with E-state index < -0.39 is 0 Å². The second-order valence-corrected chi connectivity index (χ2v) is 8.52. The first-order valence-corrected chi connectivity index (χ1v) is 9.88. The van der Waals surface area contributed by atoms with Crippen molar-refractivity contribution in [1.82, 2.24) is 4.98 Å². The van der Waals surface area contributed by atoms with Crippen LogP contribution in [0.15, 0.2) is 46.8 Å². The predicted molar refractivity (Wildman–Crippen MR) is 102 cm³/mol. The van der Waals surface area contributed by atoms with Crippen molar-refractivity contribution >= 4 is 56.5 Å². The van der Waals surface area contributed by atoms with Crippen LogP contribution in [0, 0.1) is 0 Å². The number of para-hydroxylation sites is 1. The Kier molecular flexibility index (Phi) is 4.24. The summed E-state index contributed by atoms with van der Waals surface area (Å²) in [6, 6.07) is 14.1. The lowest BCUT2D eigenvalue weighted by molar-refractivity contribution is -0.116. The highest BCUT2D eigenvalue weighted by Crippen LogP contribution is 2.34. The third-order valence-corrected chi connectivity index (χ3v) is 6.52. The van der Waals surface area contributed by atoms with Gasteiger partial charge in [-0.1, -0.05) is 41.6 Å². The average Bonchev–Trinajstić information content (AvgIpc) is 3.11. The zero-order chi connectivity index (χ0) is 16.7. The molecule has 0 unspecified atom stereocenters. The summed E-state index contributed by atoms with van der Waals surface area (Å²) in [6.07, 6.45) is 0.923. The Hall–Kier alpha value is -1.56. The van der Waals surface area contributed by atoms with Crippen LogP contribution in [0.25, 0.3) is 10.2 Å². The van der Waals surface area contributed by atoms with E-state index in [0.29, 0.717) is 10.8 Å². The number of nitrogens with zero attached hydrogens (tertiary/aromatic N) is 2. The van der Waals surface area contributed by atoms with Crippen LogP contribution < -0.4 is 4.90 Å². The number of carbonyl (C=O) groups excluding carboxylic acids is 1. The zero-order valence-electron chi connectivity index (χ0n) is 13.0. The normalized spacial score (nSPS) is 16.6. The van der Waals surface area contributed by atoms with Gasteiger partial charge >= 0.3 is 0 Å². The molecule has 3 aromatic rings. The molecule has 0 saturated carbocycles. The third kappa shape index (κ3) is 2.92. The molecule has 6 heteroatoms. The molecule has 0 aliphatic carbocycles. The summed E-state index contributed by atoms with van der Waals surface area (Å²) in [5, 5.41) is 0.683. The summed E-state index contributed by atoms with van der Waals surface area (Å²) in [7, 11) is 0. The van der Waals surface area contributed by atoms with Gasteiger partial charge in [0.2, 0.25) is 5.91 Å². The van der Waals surface area contributed by atoms with Crippen LogP contribution >= 0.6 is 34.7 Å². The highest BCUT2D eigenvalue weighted by atomic mass is 35.5. The van der Waals surface area contributed by atoms with Gasteiger partial charge in [-0.15, -0.1) is 11.3 Å². The van der Waals surface area contributed by atoms with E-state index in [-0.39, 0.29) is 11.9 Å². The lowest BCUT2D eigenvalue weighted by Gasteiger charge is -2.22. The van der Waals surface area contributed by atoms with Gasteiger partial charge in [-0.3, -0.25) is 4.79 Å². The first-order valence-electron chi connectivity index (χ1n) is 7.70. The molecule has 0 N–H and O–H groups in total. The average molecular weight is 375 g/mol. The van der Waals surface area contributed by atoms with Gasteiger partial charge in [0.25, 0.3) is 0 Å². The molecule has 0 radical (unpaired) electrons. The summed E-state index contributed by atoms with van der Waals surface area (Å²) in [4.78, 5) is 19.2. The first kappa shape index (κ1) is 15.9. The highest BCUT2D eigenvalue weighted by molar-refractivity contribution is 8.01. The Balaban J connectivity index is 1.50. The van der Waals surface area contributed by atoms with Gasteiger partial charge in [0, 0.05) is 16.8 Å². The molecule has 3 nitrogen and oxygen atoms in total. The Morgan fingerprint density at radius 3 is 3.08 bits per heavy atom. The number of thioether (sulfide) groups is 1. The first-order chi connectivity index (χ1) is 11.6. The number of amides is 1. The molecule has 2 aromatic carbocycles.